The molecule has 192 valence electrons. The first-order valence-corrected chi connectivity index (χ1v) is 13.5. The van der Waals surface area contributed by atoms with Gasteiger partial charge in [-0.3, -0.25) is 0 Å². The van der Waals surface area contributed by atoms with Crippen LogP contribution in [0.4, 0.5) is 19.0 Å². The van der Waals surface area contributed by atoms with E-state index in [4.69, 9.17) is 9.47 Å². The molecule has 0 unspecified atom stereocenters. The predicted molar refractivity (Wildman–Crippen MR) is 127 cm³/mol. The Morgan fingerprint density at radius 3 is 2.53 bits per heavy atom. The van der Waals surface area contributed by atoms with Crippen LogP contribution >= 0.6 is 0 Å². The van der Waals surface area contributed by atoms with E-state index < -0.39 is 33.7 Å². The molecule has 2 aliphatic heterocycles. The molecule has 0 bridgehead atoms. The summed E-state index contributed by atoms with van der Waals surface area (Å²) in [5, 5.41) is 3.64. The molecule has 2 saturated heterocycles. The van der Waals surface area contributed by atoms with E-state index >= 15 is 0 Å². The maximum Gasteiger partial charge on any atom is 0.266 e. The molecule has 2 aliphatic rings. The molecule has 12 heteroatoms. The summed E-state index contributed by atoms with van der Waals surface area (Å²) in [7, 11) is -3.07. The van der Waals surface area contributed by atoms with Gasteiger partial charge in [0.15, 0.2) is 5.65 Å². The van der Waals surface area contributed by atoms with Crippen molar-refractivity contribution in [2.45, 2.75) is 44.3 Å². The number of nitrogens with zero attached hydrogens (tertiary/aromatic N) is 3. The Bertz CT molecular complexity index is 1370. The van der Waals surface area contributed by atoms with Crippen LogP contribution in [0.2, 0.25) is 0 Å². The summed E-state index contributed by atoms with van der Waals surface area (Å²) >= 11 is 0. The van der Waals surface area contributed by atoms with Gasteiger partial charge >= 0.3 is 0 Å². The van der Waals surface area contributed by atoms with Crippen molar-refractivity contribution in [3.63, 3.8) is 0 Å². The van der Waals surface area contributed by atoms with E-state index in [9.17, 15) is 21.6 Å². The molecular weight excluding hydrogens is 497 g/mol. The third-order valence-corrected chi connectivity index (χ3v) is 8.33. The predicted octanol–water partition coefficient (Wildman–Crippen LogP) is 4.34. The van der Waals surface area contributed by atoms with Gasteiger partial charge in [-0.25, -0.2) is 31.6 Å². The van der Waals surface area contributed by atoms with Gasteiger partial charge in [0.1, 0.15) is 33.9 Å². The van der Waals surface area contributed by atoms with Crippen molar-refractivity contribution < 1.29 is 31.1 Å². The van der Waals surface area contributed by atoms with E-state index in [1.54, 1.807) is 6.92 Å². The number of pyridine rings is 1. The average Bonchev–Trinajstić information content (AvgIpc) is 2.81. The van der Waals surface area contributed by atoms with Gasteiger partial charge in [-0.1, -0.05) is 18.2 Å². The molecule has 0 aliphatic carbocycles. The summed E-state index contributed by atoms with van der Waals surface area (Å²) in [4.78, 5) is 13.2. The summed E-state index contributed by atoms with van der Waals surface area (Å²) in [5.41, 5.74) is 0.506. The second-order valence-electron chi connectivity index (χ2n) is 9.10. The molecule has 1 atom stereocenters. The van der Waals surface area contributed by atoms with Crippen molar-refractivity contribution in [3.05, 3.63) is 53.1 Å². The minimum absolute atomic E-state index is 0.0782. The number of aromatic nitrogens is 3. The first-order valence-electron chi connectivity index (χ1n) is 11.7. The number of halogens is 3. The molecule has 8 nitrogen and oxygen atoms in total. The number of anilines is 1. The molecular formula is C24H25F3N4O4S. The maximum absolute atomic E-state index is 14.7. The van der Waals surface area contributed by atoms with Crippen LogP contribution in [-0.2, 0) is 14.6 Å². The van der Waals surface area contributed by atoms with Crippen molar-refractivity contribution in [1.82, 2.24) is 15.0 Å². The van der Waals surface area contributed by atoms with Gasteiger partial charge in [0.25, 0.3) is 6.43 Å². The van der Waals surface area contributed by atoms with Gasteiger partial charge in [0.2, 0.25) is 5.88 Å². The number of alkyl halides is 2. The van der Waals surface area contributed by atoms with Crippen LogP contribution in [0.15, 0.2) is 30.6 Å². The van der Waals surface area contributed by atoms with Gasteiger partial charge in [-0.05, 0) is 31.7 Å². The Labute approximate surface area is 206 Å². The zero-order chi connectivity index (χ0) is 25.4. The highest BCUT2D eigenvalue weighted by Crippen LogP contribution is 2.38. The summed E-state index contributed by atoms with van der Waals surface area (Å²) in [6.45, 7) is 2.53. The standard InChI is InChI=1S/C24H25F3N4O4S/c1-13(16-3-2-4-17(20(16)25)21(26)27)30-22-19-9-18(14-5-7-36(32,33)8-6-14)24(35-15-10-34-11-15)31-23(19)29-12-28-22/h2-4,9,12-15,21H,5-8,10-11H2,1H3,(H,28,29,30,31)/t13-/m1/s1. The number of nitrogens with one attached hydrogen (secondary N) is 1. The largest absolute Gasteiger partial charge is 0.469 e. The fraction of sp³-hybridized carbons (Fsp3) is 0.458. The molecule has 3 aromatic rings. The third kappa shape index (κ3) is 4.96. The van der Waals surface area contributed by atoms with Gasteiger partial charge in [0.05, 0.1) is 41.7 Å². The van der Waals surface area contributed by atoms with Gasteiger partial charge in [-0.15, -0.1) is 0 Å². The van der Waals surface area contributed by atoms with E-state index in [0.29, 0.717) is 48.8 Å². The molecule has 0 radical (unpaired) electrons. The van der Waals surface area contributed by atoms with Gasteiger partial charge in [0, 0.05) is 11.1 Å². The quantitative estimate of drug-likeness (QED) is 0.489. The van der Waals surface area contributed by atoms with Crippen molar-refractivity contribution in [1.29, 1.82) is 0 Å². The van der Waals surface area contributed by atoms with Crippen molar-refractivity contribution in [2.24, 2.45) is 0 Å². The highest BCUT2D eigenvalue weighted by Gasteiger charge is 2.30. The molecule has 0 saturated carbocycles. The molecule has 0 amide bonds. The summed E-state index contributed by atoms with van der Waals surface area (Å²) < 4.78 is 76.3. The smallest absolute Gasteiger partial charge is 0.266 e. The van der Waals surface area contributed by atoms with E-state index in [1.807, 2.05) is 6.07 Å². The first kappa shape index (κ1) is 24.7. The Morgan fingerprint density at radius 2 is 1.86 bits per heavy atom. The lowest BCUT2D eigenvalue weighted by molar-refractivity contribution is -0.0816. The van der Waals surface area contributed by atoms with Crippen molar-refractivity contribution >= 4 is 26.7 Å². The number of rotatable bonds is 7. The van der Waals surface area contributed by atoms with Crippen LogP contribution < -0.4 is 10.1 Å². The molecule has 1 aromatic carbocycles. The van der Waals surface area contributed by atoms with E-state index in [1.165, 1.54) is 18.5 Å². The minimum Gasteiger partial charge on any atom is -0.469 e. The number of hydrogen-bond donors (Lipinski definition) is 1. The Hall–Kier alpha value is -2.99. The van der Waals surface area contributed by atoms with Crippen molar-refractivity contribution in [3.8, 4) is 5.88 Å². The minimum atomic E-state index is -3.07. The zero-order valence-electron chi connectivity index (χ0n) is 19.5. The first-order chi connectivity index (χ1) is 17.2. The molecule has 4 heterocycles. The third-order valence-electron chi connectivity index (χ3n) is 6.61. The second-order valence-corrected chi connectivity index (χ2v) is 11.4. The average molecular weight is 523 g/mol. The lowest BCUT2D eigenvalue weighted by Gasteiger charge is -2.29. The van der Waals surface area contributed by atoms with Crippen LogP contribution in [0.3, 0.4) is 0 Å². The number of benzene rings is 1. The number of sulfone groups is 1. The Balaban J connectivity index is 1.51. The molecule has 36 heavy (non-hydrogen) atoms. The van der Waals surface area contributed by atoms with Crippen LogP contribution in [0.25, 0.3) is 11.0 Å². The van der Waals surface area contributed by atoms with Crippen LogP contribution in [0, 0.1) is 5.82 Å². The van der Waals surface area contributed by atoms with E-state index in [-0.39, 0.29) is 29.1 Å². The van der Waals surface area contributed by atoms with Crippen LogP contribution in [0.1, 0.15) is 54.8 Å². The molecule has 1 N–H and O–H groups in total. The lowest BCUT2D eigenvalue weighted by Crippen LogP contribution is -2.39. The summed E-state index contributed by atoms with van der Waals surface area (Å²) in [6.07, 6.45) is -0.899. The topological polar surface area (TPSA) is 103 Å². The highest BCUT2D eigenvalue weighted by atomic mass is 32.2. The Morgan fingerprint density at radius 1 is 1.14 bits per heavy atom. The molecule has 2 aromatic heterocycles. The monoisotopic (exact) mass is 522 g/mol. The summed E-state index contributed by atoms with van der Waals surface area (Å²) in [5.74, 6) is -0.166. The van der Waals surface area contributed by atoms with Crippen molar-refractivity contribution in [2.75, 3.05) is 30.0 Å². The van der Waals surface area contributed by atoms with Gasteiger partial charge < -0.3 is 14.8 Å². The number of ether oxygens (including phenoxy) is 2. The number of hydrogen-bond acceptors (Lipinski definition) is 8. The SMILES string of the molecule is C[C@@H](Nc1ncnc2nc(OC3COC3)c(C3CCS(=O)(=O)CC3)cc12)c1cccc(C(F)F)c1F. The zero-order valence-corrected chi connectivity index (χ0v) is 20.3. The molecule has 2 fully saturated rings. The maximum atomic E-state index is 14.7. The van der Waals surface area contributed by atoms with E-state index in [0.717, 1.165) is 11.6 Å². The summed E-state index contributed by atoms with van der Waals surface area (Å²) in [6, 6.07) is 5.04. The van der Waals surface area contributed by atoms with Crippen LogP contribution in [0.5, 0.6) is 5.88 Å². The molecule has 5 rings (SSSR count). The lowest BCUT2D eigenvalue weighted by atomic mass is 9.93. The molecule has 0 spiro atoms. The highest BCUT2D eigenvalue weighted by molar-refractivity contribution is 7.91. The fourth-order valence-electron chi connectivity index (χ4n) is 4.48. The number of fused-ring (bicyclic) bond motifs is 1. The fourth-order valence-corrected chi connectivity index (χ4v) is 5.97. The van der Waals surface area contributed by atoms with Gasteiger partial charge in [-0.2, -0.15) is 4.98 Å². The van der Waals surface area contributed by atoms with E-state index in [2.05, 4.69) is 20.3 Å². The normalized spacial score (nSPS) is 19.2. The Kier molecular flexibility index (Phi) is 6.73. The van der Waals surface area contributed by atoms with Crippen LogP contribution in [-0.4, -0.2) is 54.2 Å². The second kappa shape index (κ2) is 9.81.